The molecule has 1 amide bonds. The molecule has 0 saturated carbocycles. The van der Waals surface area contributed by atoms with Gasteiger partial charge in [0.2, 0.25) is 5.95 Å². The average Bonchev–Trinajstić information content (AvgIpc) is 2.97. The number of nitrogen functional groups attached to an aromatic ring is 1. The zero-order chi connectivity index (χ0) is 22.5. The summed E-state index contributed by atoms with van der Waals surface area (Å²) in [6.45, 7) is 4.25. The quantitative estimate of drug-likeness (QED) is 0.629. The summed E-state index contributed by atoms with van der Waals surface area (Å²) in [7, 11) is 1.58. The number of rotatable bonds is 7. The van der Waals surface area contributed by atoms with Crippen LogP contribution >= 0.6 is 0 Å². The predicted molar refractivity (Wildman–Crippen MR) is 118 cm³/mol. The number of carbonyl (C=O) groups is 1. The summed E-state index contributed by atoms with van der Waals surface area (Å²) in [6, 6.07) is 5.17. The molecule has 170 valence electrons. The summed E-state index contributed by atoms with van der Waals surface area (Å²) >= 11 is 0. The number of unbranched alkanes of at least 4 members (excludes halogenated alkanes) is 1. The van der Waals surface area contributed by atoms with E-state index in [9.17, 15) is 9.18 Å². The number of halogens is 1. The molecule has 1 fully saturated rings. The van der Waals surface area contributed by atoms with E-state index in [4.69, 9.17) is 15.2 Å². The molecule has 0 unspecified atom stereocenters. The number of hydrogen-bond donors (Lipinski definition) is 2. The van der Waals surface area contributed by atoms with E-state index < -0.39 is 5.82 Å². The van der Waals surface area contributed by atoms with Gasteiger partial charge in [0, 0.05) is 44.9 Å². The summed E-state index contributed by atoms with van der Waals surface area (Å²) in [6.07, 6.45) is 5.41. The highest BCUT2D eigenvalue weighted by molar-refractivity contribution is 5.98. The number of hydrogen-bond acceptors (Lipinski definition) is 8. The van der Waals surface area contributed by atoms with Crippen LogP contribution in [0.4, 0.5) is 16.2 Å². The molecule has 3 N–H and O–H groups in total. The van der Waals surface area contributed by atoms with Gasteiger partial charge in [-0.1, -0.05) is 0 Å². The van der Waals surface area contributed by atoms with Crippen LogP contribution in [0.3, 0.4) is 0 Å². The van der Waals surface area contributed by atoms with Gasteiger partial charge in [0.15, 0.2) is 11.6 Å². The number of nitrogens with zero attached hydrogens (tertiary/aromatic N) is 4. The van der Waals surface area contributed by atoms with Crippen molar-refractivity contribution in [2.24, 2.45) is 0 Å². The Morgan fingerprint density at radius 1 is 1.25 bits per heavy atom. The maximum absolute atomic E-state index is 13.3. The molecule has 2 aromatic rings. The van der Waals surface area contributed by atoms with Crippen molar-refractivity contribution in [1.82, 2.24) is 20.2 Å². The van der Waals surface area contributed by atoms with Gasteiger partial charge in [0.25, 0.3) is 5.91 Å². The molecule has 9 nitrogen and oxygen atoms in total. The molecule has 3 heterocycles. The molecule has 32 heavy (non-hydrogen) atoms. The molecule has 0 aliphatic carbocycles. The first-order valence-electron chi connectivity index (χ1n) is 10.6. The number of nitrogens with one attached hydrogen (secondary N) is 1. The van der Waals surface area contributed by atoms with E-state index in [1.807, 2.05) is 4.90 Å². The van der Waals surface area contributed by atoms with Crippen LogP contribution in [0.2, 0.25) is 0 Å². The SMILES string of the molecule is COc1ccc2c(c1)OC(CCCCN1CCN(c3ncc(F)c(N)n3)CC1)=CNC2=O. The minimum Gasteiger partial charge on any atom is -0.497 e. The number of benzene rings is 1. The summed E-state index contributed by atoms with van der Waals surface area (Å²) in [5.74, 6) is 1.44. The van der Waals surface area contributed by atoms with Gasteiger partial charge in [-0.05, 0) is 31.5 Å². The molecule has 1 aromatic heterocycles. The Kier molecular flexibility index (Phi) is 6.69. The minimum atomic E-state index is -0.595. The highest BCUT2D eigenvalue weighted by Gasteiger charge is 2.21. The second-order valence-corrected chi connectivity index (χ2v) is 7.74. The van der Waals surface area contributed by atoms with Gasteiger partial charge in [0.1, 0.15) is 17.3 Å². The lowest BCUT2D eigenvalue weighted by atomic mass is 10.2. The van der Waals surface area contributed by atoms with Crippen molar-refractivity contribution in [2.45, 2.75) is 19.3 Å². The number of methoxy groups -OCH3 is 1. The molecular formula is C22H27FN6O3. The summed E-state index contributed by atoms with van der Waals surface area (Å²) in [4.78, 5) is 24.7. The molecule has 4 rings (SSSR count). The average molecular weight is 442 g/mol. The monoisotopic (exact) mass is 442 g/mol. The van der Waals surface area contributed by atoms with Gasteiger partial charge in [-0.25, -0.2) is 9.37 Å². The van der Waals surface area contributed by atoms with Crippen molar-refractivity contribution in [3.63, 3.8) is 0 Å². The molecule has 0 atom stereocenters. The second-order valence-electron chi connectivity index (χ2n) is 7.74. The topological polar surface area (TPSA) is 106 Å². The van der Waals surface area contributed by atoms with Crippen molar-refractivity contribution in [2.75, 3.05) is 50.5 Å². The number of fused-ring (bicyclic) bond motifs is 1. The van der Waals surface area contributed by atoms with Crippen LogP contribution in [0.1, 0.15) is 29.6 Å². The van der Waals surface area contributed by atoms with Crippen LogP contribution < -0.4 is 25.4 Å². The first-order chi connectivity index (χ1) is 15.5. The molecule has 10 heteroatoms. The molecule has 2 aliphatic rings. The van der Waals surface area contributed by atoms with Crippen LogP contribution in [0.25, 0.3) is 0 Å². The summed E-state index contributed by atoms with van der Waals surface area (Å²) < 4.78 is 24.5. The van der Waals surface area contributed by atoms with Gasteiger partial charge in [-0.2, -0.15) is 4.98 Å². The van der Waals surface area contributed by atoms with Gasteiger partial charge in [-0.3, -0.25) is 9.69 Å². The van der Waals surface area contributed by atoms with Crippen LogP contribution in [0, 0.1) is 5.82 Å². The molecule has 2 aliphatic heterocycles. The fourth-order valence-corrected chi connectivity index (χ4v) is 3.75. The van der Waals surface area contributed by atoms with Gasteiger partial charge in [0.05, 0.1) is 18.9 Å². The molecule has 1 saturated heterocycles. The minimum absolute atomic E-state index is 0.121. The number of piperazine rings is 1. The van der Waals surface area contributed by atoms with Crippen LogP contribution in [-0.2, 0) is 0 Å². The number of aromatic nitrogens is 2. The Balaban J connectivity index is 1.22. The Morgan fingerprint density at radius 3 is 2.81 bits per heavy atom. The molecule has 0 spiro atoms. The Labute approximate surface area is 186 Å². The van der Waals surface area contributed by atoms with E-state index in [2.05, 4.69) is 20.2 Å². The molecule has 0 bridgehead atoms. The first-order valence-corrected chi connectivity index (χ1v) is 10.6. The lowest BCUT2D eigenvalue weighted by Gasteiger charge is -2.34. The molecular weight excluding hydrogens is 415 g/mol. The zero-order valence-corrected chi connectivity index (χ0v) is 18.0. The van der Waals surface area contributed by atoms with E-state index in [1.54, 1.807) is 31.5 Å². The lowest BCUT2D eigenvalue weighted by molar-refractivity contribution is 0.0970. The fraction of sp³-hybridized carbons (Fsp3) is 0.409. The van der Waals surface area contributed by atoms with Crippen LogP contribution in [0.15, 0.2) is 36.4 Å². The number of nitrogens with two attached hydrogens (primary N) is 1. The largest absolute Gasteiger partial charge is 0.497 e. The number of allylic oxidation sites excluding steroid dienone is 1. The van der Waals surface area contributed by atoms with E-state index in [0.717, 1.165) is 63.9 Å². The second kappa shape index (κ2) is 9.82. The van der Waals surface area contributed by atoms with Crippen LogP contribution in [-0.4, -0.2) is 60.6 Å². The standard InChI is InChI=1S/C22H27FN6O3/c1-31-15-5-6-17-19(12-15)32-16(13-25-21(17)30)4-2-3-7-28-8-10-29(11-9-28)22-26-14-18(23)20(24)27-22/h5-6,12-14H,2-4,7-11H2,1H3,(H,25,30)(H2,24,26,27). The molecule has 1 aromatic carbocycles. The van der Waals surface area contributed by atoms with Gasteiger partial charge >= 0.3 is 0 Å². The number of anilines is 2. The Bertz CT molecular complexity index is 1010. The third-order valence-corrected chi connectivity index (χ3v) is 5.60. The Morgan fingerprint density at radius 2 is 2.06 bits per heavy atom. The van der Waals surface area contributed by atoms with Crippen molar-refractivity contribution in [1.29, 1.82) is 0 Å². The van der Waals surface area contributed by atoms with Crippen molar-refractivity contribution in [3.05, 3.63) is 47.7 Å². The molecule has 0 radical (unpaired) electrons. The predicted octanol–water partition coefficient (Wildman–Crippen LogP) is 2.16. The van der Waals surface area contributed by atoms with Crippen LogP contribution in [0.5, 0.6) is 11.5 Å². The highest BCUT2D eigenvalue weighted by Crippen LogP contribution is 2.29. The summed E-state index contributed by atoms with van der Waals surface area (Å²) in [5.41, 5.74) is 6.04. The maximum atomic E-state index is 13.3. The third kappa shape index (κ3) is 5.08. The smallest absolute Gasteiger partial charge is 0.259 e. The van der Waals surface area contributed by atoms with Crippen molar-refractivity contribution in [3.8, 4) is 11.5 Å². The van der Waals surface area contributed by atoms with Crippen molar-refractivity contribution < 1.29 is 18.7 Å². The lowest BCUT2D eigenvalue weighted by Crippen LogP contribution is -2.47. The van der Waals surface area contributed by atoms with Gasteiger partial charge in [-0.15, -0.1) is 0 Å². The van der Waals surface area contributed by atoms with Crippen molar-refractivity contribution >= 4 is 17.7 Å². The number of carbonyl (C=O) groups excluding carboxylic acids is 1. The maximum Gasteiger partial charge on any atom is 0.259 e. The first kappa shape index (κ1) is 21.8. The van der Waals surface area contributed by atoms with E-state index in [-0.39, 0.29) is 11.7 Å². The van der Waals surface area contributed by atoms with E-state index in [1.165, 1.54) is 0 Å². The number of amides is 1. The zero-order valence-electron chi connectivity index (χ0n) is 18.0. The van der Waals surface area contributed by atoms with E-state index in [0.29, 0.717) is 23.0 Å². The third-order valence-electron chi connectivity index (χ3n) is 5.60. The normalized spacial score (nSPS) is 16.5. The summed E-state index contributed by atoms with van der Waals surface area (Å²) in [5, 5.41) is 2.78. The highest BCUT2D eigenvalue weighted by atomic mass is 19.1. The van der Waals surface area contributed by atoms with Gasteiger partial charge < -0.3 is 25.4 Å². The van der Waals surface area contributed by atoms with E-state index >= 15 is 0 Å². The fourth-order valence-electron chi connectivity index (χ4n) is 3.75. The Hall–Kier alpha value is -3.40. The number of ether oxygens (including phenoxy) is 2.